The minimum absolute atomic E-state index is 0.218. The molecule has 2 aliphatic rings. The van der Waals surface area contributed by atoms with Gasteiger partial charge >= 0.3 is 0 Å². The van der Waals surface area contributed by atoms with Gasteiger partial charge < -0.3 is 14.6 Å². The first-order valence-electron chi connectivity index (χ1n) is 7.13. The summed E-state index contributed by atoms with van der Waals surface area (Å²) >= 11 is 0. The van der Waals surface area contributed by atoms with Gasteiger partial charge in [-0.3, -0.25) is 4.90 Å². The lowest BCUT2D eigenvalue weighted by Gasteiger charge is -2.28. The Morgan fingerprint density at radius 2 is 1.84 bits per heavy atom. The molecule has 2 aliphatic heterocycles. The van der Waals surface area contributed by atoms with Crippen molar-refractivity contribution in [3.8, 4) is 11.5 Å². The SMILES string of the molecule is OCCC(c1ccc2c(c1)OCCO2)N1CCCC1. The fraction of sp³-hybridized carbons (Fsp3) is 0.600. The molecule has 0 amide bonds. The van der Waals surface area contributed by atoms with Crippen molar-refractivity contribution < 1.29 is 14.6 Å². The van der Waals surface area contributed by atoms with Crippen molar-refractivity contribution in [2.45, 2.75) is 25.3 Å². The number of hydrogen-bond acceptors (Lipinski definition) is 4. The van der Waals surface area contributed by atoms with Gasteiger partial charge in [0.25, 0.3) is 0 Å². The average molecular weight is 263 g/mol. The van der Waals surface area contributed by atoms with Crippen LogP contribution < -0.4 is 9.47 Å². The minimum Gasteiger partial charge on any atom is -0.486 e. The highest BCUT2D eigenvalue weighted by Crippen LogP contribution is 2.36. The number of likely N-dealkylation sites (tertiary alicyclic amines) is 1. The predicted molar refractivity (Wildman–Crippen MR) is 72.7 cm³/mol. The lowest BCUT2D eigenvalue weighted by atomic mass is 10.0. The van der Waals surface area contributed by atoms with E-state index in [9.17, 15) is 5.11 Å². The van der Waals surface area contributed by atoms with Crippen LogP contribution in [0.5, 0.6) is 11.5 Å². The topological polar surface area (TPSA) is 41.9 Å². The normalized spacial score (nSPS) is 20.5. The zero-order valence-electron chi connectivity index (χ0n) is 11.2. The van der Waals surface area contributed by atoms with Gasteiger partial charge in [0.05, 0.1) is 0 Å². The molecule has 0 spiro atoms. The predicted octanol–water partition coefficient (Wildman–Crippen LogP) is 1.98. The first kappa shape index (κ1) is 12.8. The molecule has 3 rings (SSSR count). The molecule has 1 atom stereocenters. The second kappa shape index (κ2) is 5.80. The number of ether oxygens (including phenoxy) is 2. The summed E-state index contributed by atoms with van der Waals surface area (Å²) in [5, 5.41) is 9.31. The third-order valence-electron chi connectivity index (χ3n) is 3.93. The summed E-state index contributed by atoms with van der Waals surface area (Å²) in [4.78, 5) is 2.46. The molecule has 0 aromatic heterocycles. The highest BCUT2D eigenvalue weighted by Gasteiger charge is 2.24. The van der Waals surface area contributed by atoms with E-state index in [2.05, 4.69) is 17.0 Å². The van der Waals surface area contributed by atoms with E-state index in [1.54, 1.807) is 0 Å². The van der Waals surface area contributed by atoms with Crippen molar-refractivity contribution >= 4 is 0 Å². The third-order valence-corrected chi connectivity index (χ3v) is 3.93. The Kier molecular flexibility index (Phi) is 3.89. The molecule has 0 aliphatic carbocycles. The Balaban J connectivity index is 1.84. The number of nitrogens with zero attached hydrogens (tertiary/aromatic N) is 1. The molecule has 1 saturated heterocycles. The third kappa shape index (κ3) is 2.69. The molecule has 1 N–H and O–H groups in total. The summed E-state index contributed by atoms with van der Waals surface area (Å²) in [5.74, 6) is 1.67. The summed E-state index contributed by atoms with van der Waals surface area (Å²) in [5.41, 5.74) is 1.22. The van der Waals surface area contributed by atoms with Gasteiger partial charge in [0, 0.05) is 12.6 Å². The number of hydrogen-bond donors (Lipinski definition) is 1. The number of aliphatic hydroxyl groups excluding tert-OH is 1. The summed E-state index contributed by atoms with van der Waals surface area (Å²) in [6, 6.07) is 6.46. The van der Waals surface area contributed by atoms with Crippen LogP contribution >= 0.6 is 0 Å². The fourth-order valence-corrected chi connectivity index (χ4v) is 3.00. The molecule has 4 nitrogen and oxygen atoms in total. The summed E-state index contributed by atoms with van der Waals surface area (Å²) in [6.07, 6.45) is 3.29. The van der Waals surface area contributed by atoms with E-state index in [0.717, 1.165) is 31.0 Å². The molecule has 19 heavy (non-hydrogen) atoms. The maximum Gasteiger partial charge on any atom is 0.161 e. The largest absolute Gasteiger partial charge is 0.486 e. The van der Waals surface area contributed by atoms with Crippen LogP contribution in [0.25, 0.3) is 0 Å². The van der Waals surface area contributed by atoms with Gasteiger partial charge in [-0.15, -0.1) is 0 Å². The fourth-order valence-electron chi connectivity index (χ4n) is 3.00. The van der Waals surface area contributed by atoms with Gasteiger partial charge in [-0.2, -0.15) is 0 Å². The van der Waals surface area contributed by atoms with Crippen molar-refractivity contribution in [3.63, 3.8) is 0 Å². The van der Waals surface area contributed by atoms with Crippen molar-refractivity contribution in [2.75, 3.05) is 32.9 Å². The van der Waals surface area contributed by atoms with E-state index in [-0.39, 0.29) is 6.61 Å². The van der Waals surface area contributed by atoms with E-state index in [4.69, 9.17) is 9.47 Å². The van der Waals surface area contributed by atoms with Crippen LogP contribution in [0.2, 0.25) is 0 Å². The van der Waals surface area contributed by atoms with Crippen LogP contribution in [0.15, 0.2) is 18.2 Å². The maximum atomic E-state index is 9.31. The van der Waals surface area contributed by atoms with Crippen molar-refractivity contribution in [1.29, 1.82) is 0 Å². The molecule has 2 heterocycles. The molecule has 4 heteroatoms. The van der Waals surface area contributed by atoms with Crippen LogP contribution in [0.1, 0.15) is 30.9 Å². The number of rotatable bonds is 4. The Bertz CT molecular complexity index is 429. The van der Waals surface area contributed by atoms with E-state index in [0.29, 0.717) is 19.3 Å². The Morgan fingerprint density at radius 3 is 2.58 bits per heavy atom. The Labute approximate surface area is 113 Å². The highest BCUT2D eigenvalue weighted by atomic mass is 16.6. The van der Waals surface area contributed by atoms with Crippen LogP contribution in [-0.4, -0.2) is 42.9 Å². The molecule has 1 aromatic rings. The van der Waals surface area contributed by atoms with E-state index in [1.807, 2.05) is 6.07 Å². The number of aliphatic hydroxyl groups is 1. The second-order valence-corrected chi connectivity index (χ2v) is 5.17. The van der Waals surface area contributed by atoms with Crippen LogP contribution in [0, 0.1) is 0 Å². The standard InChI is InChI=1S/C15H21NO3/c17-8-5-13(16-6-1-2-7-16)12-3-4-14-15(11-12)19-10-9-18-14/h3-4,11,13,17H,1-2,5-10H2. The lowest BCUT2D eigenvalue weighted by molar-refractivity contribution is 0.168. The van der Waals surface area contributed by atoms with Crippen molar-refractivity contribution in [1.82, 2.24) is 4.90 Å². The van der Waals surface area contributed by atoms with Crippen LogP contribution in [-0.2, 0) is 0 Å². The quantitative estimate of drug-likeness (QED) is 0.902. The average Bonchev–Trinajstić information content (AvgIpc) is 2.98. The maximum absolute atomic E-state index is 9.31. The summed E-state index contributed by atoms with van der Waals surface area (Å²) in [7, 11) is 0. The van der Waals surface area contributed by atoms with Gasteiger partial charge in [-0.1, -0.05) is 6.07 Å². The first-order valence-corrected chi connectivity index (χ1v) is 7.13. The van der Waals surface area contributed by atoms with Crippen LogP contribution in [0.3, 0.4) is 0 Å². The summed E-state index contributed by atoms with van der Waals surface area (Å²) < 4.78 is 11.2. The van der Waals surface area contributed by atoms with Gasteiger partial charge in [0.15, 0.2) is 11.5 Å². The zero-order chi connectivity index (χ0) is 13.1. The Morgan fingerprint density at radius 1 is 1.11 bits per heavy atom. The van der Waals surface area contributed by atoms with Crippen molar-refractivity contribution in [3.05, 3.63) is 23.8 Å². The van der Waals surface area contributed by atoms with Gasteiger partial charge in [-0.25, -0.2) is 0 Å². The zero-order valence-corrected chi connectivity index (χ0v) is 11.2. The first-order chi connectivity index (χ1) is 9.38. The van der Waals surface area contributed by atoms with E-state index in [1.165, 1.54) is 18.4 Å². The molecule has 0 radical (unpaired) electrons. The smallest absolute Gasteiger partial charge is 0.161 e. The van der Waals surface area contributed by atoms with Crippen LogP contribution in [0.4, 0.5) is 0 Å². The van der Waals surface area contributed by atoms with E-state index >= 15 is 0 Å². The van der Waals surface area contributed by atoms with Gasteiger partial charge in [0.2, 0.25) is 0 Å². The molecule has 104 valence electrons. The molecule has 1 fully saturated rings. The van der Waals surface area contributed by atoms with E-state index < -0.39 is 0 Å². The Hall–Kier alpha value is -1.26. The lowest BCUT2D eigenvalue weighted by Crippen LogP contribution is -2.26. The molecule has 1 aromatic carbocycles. The monoisotopic (exact) mass is 263 g/mol. The molecular weight excluding hydrogens is 242 g/mol. The number of fused-ring (bicyclic) bond motifs is 1. The minimum atomic E-state index is 0.218. The molecular formula is C15H21NO3. The molecule has 0 bridgehead atoms. The highest BCUT2D eigenvalue weighted by molar-refractivity contribution is 5.44. The second-order valence-electron chi connectivity index (χ2n) is 5.17. The van der Waals surface area contributed by atoms with Gasteiger partial charge in [-0.05, 0) is 50.0 Å². The van der Waals surface area contributed by atoms with Gasteiger partial charge in [0.1, 0.15) is 13.2 Å². The molecule has 0 saturated carbocycles. The summed E-state index contributed by atoms with van der Waals surface area (Å²) in [6.45, 7) is 3.71. The number of benzene rings is 1. The molecule has 1 unspecified atom stereocenters. The van der Waals surface area contributed by atoms with Crippen molar-refractivity contribution in [2.24, 2.45) is 0 Å².